The molecule has 0 N–H and O–H groups in total. The van der Waals surface area contributed by atoms with Crippen molar-refractivity contribution in [3.63, 3.8) is 0 Å². The molecule has 2 rings (SSSR count). The lowest BCUT2D eigenvalue weighted by molar-refractivity contribution is 0.388. The molecule has 0 aromatic rings. The Hall–Kier alpha value is -0.520. The van der Waals surface area contributed by atoms with Gasteiger partial charge in [-0.15, -0.1) is 0 Å². The lowest BCUT2D eigenvalue weighted by Gasteiger charge is -2.25. The average Bonchev–Trinajstić information content (AvgIpc) is 2.53. The van der Waals surface area contributed by atoms with E-state index in [-0.39, 0.29) is 0 Å². The molecule has 0 heteroatoms. The van der Waals surface area contributed by atoms with Gasteiger partial charge in [0.05, 0.1) is 0 Å². The van der Waals surface area contributed by atoms with Crippen LogP contribution in [0.15, 0.2) is 23.8 Å². The minimum Gasteiger partial charge on any atom is -0.0776 e. The molecule has 0 bridgehead atoms. The molecular weight excluding hydrogens is 144 g/mol. The van der Waals surface area contributed by atoms with Crippen LogP contribution < -0.4 is 0 Å². The van der Waals surface area contributed by atoms with Crippen molar-refractivity contribution >= 4 is 0 Å². The van der Waals surface area contributed by atoms with Crippen molar-refractivity contribution in [2.24, 2.45) is 11.8 Å². The second kappa shape index (κ2) is 3.47. The number of hydrogen-bond acceptors (Lipinski definition) is 0. The Labute approximate surface area is 75.4 Å². The van der Waals surface area contributed by atoms with E-state index >= 15 is 0 Å². The summed E-state index contributed by atoms with van der Waals surface area (Å²) in [6.45, 7) is 2.32. The highest BCUT2D eigenvalue weighted by Gasteiger charge is 2.21. The van der Waals surface area contributed by atoms with Crippen LogP contribution in [0.5, 0.6) is 0 Å². The van der Waals surface area contributed by atoms with Gasteiger partial charge in [0.25, 0.3) is 0 Å². The highest BCUT2D eigenvalue weighted by Crippen LogP contribution is 2.35. The maximum atomic E-state index is 2.35. The van der Waals surface area contributed by atoms with Gasteiger partial charge in [-0.25, -0.2) is 0 Å². The summed E-state index contributed by atoms with van der Waals surface area (Å²) >= 11 is 0. The molecular formula is C12H18. The van der Waals surface area contributed by atoms with Crippen molar-refractivity contribution < 1.29 is 0 Å². The summed E-state index contributed by atoms with van der Waals surface area (Å²) < 4.78 is 0. The molecule has 0 aromatic carbocycles. The molecule has 66 valence electrons. The lowest BCUT2D eigenvalue weighted by atomic mass is 9.80. The monoisotopic (exact) mass is 162 g/mol. The largest absolute Gasteiger partial charge is 0.0776 e. The Morgan fingerprint density at radius 3 is 2.50 bits per heavy atom. The van der Waals surface area contributed by atoms with E-state index in [0.717, 1.165) is 11.8 Å². The highest BCUT2D eigenvalue weighted by molar-refractivity contribution is 5.28. The van der Waals surface area contributed by atoms with Crippen molar-refractivity contribution in [1.29, 1.82) is 0 Å². The maximum Gasteiger partial charge on any atom is -0.00426 e. The number of hydrogen-bond donors (Lipinski definition) is 0. The summed E-state index contributed by atoms with van der Waals surface area (Å²) in [6, 6.07) is 0. The van der Waals surface area contributed by atoms with E-state index in [9.17, 15) is 0 Å². The molecule has 1 atom stereocenters. The summed E-state index contributed by atoms with van der Waals surface area (Å²) in [5, 5.41) is 0. The van der Waals surface area contributed by atoms with Crippen molar-refractivity contribution in [3.8, 4) is 0 Å². The van der Waals surface area contributed by atoms with Gasteiger partial charge in [-0.2, -0.15) is 0 Å². The van der Waals surface area contributed by atoms with Crippen LogP contribution in [0.1, 0.15) is 39.0 Å². The van der Waals surface area contributed by atoms with Crippen molar-refractivity contribution in [3.05, 3.63) is 23.8 Å². The van der Waals surface area contributed by atoms with Crippen LogP contribution in [0, 0.1) is 11.8 Å². The van der Waals surface area contributed by atoms with E-state index in [4.69, 9.17) is 0 Å². The summed E-state index contributed by atoms with van der Waals surface area (Å²) in [6.07, 6.45) is 14.2. The van der Waals surface area contributed by atoms with Gasteiger partial charge < -0.3 is 0 Å². The minimum absolute atomic E-state index is 0.730. The molecule has 0 saturated heterocycles. The van der Waals surface area contributed by atoms with E-state index in [1.165, 1.54) is 32.1 Å². The molecule has 1 fully saturated rings. The van der Waals surface area contributed by atoms with Crippen LogP contribution in [0.25, 0.3) is 0 Å². The fourth-order valence-corrected chi connectivity index (χ4v) is 2.54. The SMILES string of the molecule is CC1C=CC=C1C1CCCCC1. The molecule has 12 heavy (non-hydrogen) atoms. The molecule has 2 aliphatic rings. The summed E-state index contributed by atoms with van der Waals surface area (Å²) in [5.74, 6) is 1.65. The standard InChI is InChI=1S/C12H18/c1-10-6-5-9-12(10)11-7-3-2-4-8-11/h5-6,9-11H,2-4,7-8H2,1H3. The maximum absolute atomic E-state index is 2.35. The molecule has 1 saturated carbocycles. The Morgan fingerprint density at radius 1 is 1.17 bits per heavy atom. The molecule has 0 radical (unpaired) electrons. The third-order valence-electron chi connectivity index (χ3n) is 3.29. The Balaban J connectivity index is 1.99. The van der Waals surface area contributed by atoms with Crippen LogP contribution in [-0.2, 0) is 0 Å². The molecule has 0 aromatic heterocycles. The van der Waals surface area contributed by atoms with Crippen molar-refractivity contribution in [1.82, 2.24) is 0 Å². The van der Waals surface area contributed by atoms with E-state index in [1.54, 1.807) is 5.57 Å². The first kappa shape index (κ1) is 8.10. The third-order valence-corrected chi connectivity index (χ3v) is 3.29. The fourth-order valence-electron chi connectivity index (χ4n) is 2.54. The molecule has 0 nitrogen and oxygen atoms in total. The van der Waals surface area contributed by atoms with Crippen molar-refractivity contribution in [2.75, 3.05) is 0 Å². The van der Waals surface area contributed by atoms with Gasteiger partial charge in [-0.05, 0) is 24.7 Å². The molecule has 0 spiro atoms. The molecule has 1 unspecified atom stereocenters. The first-order valence-corrected chi connectivity index (χ1v) is 5.26. The van der Waals surface area contributed by atoms with Crippen LogP contribution >= 0.6 is 0 Å². The Bertz CT molecular complexity index is 204. The first-order chi connectivity index (χ1) is 5.88. The van der Waals surface area contributed by atoms with Gasteiger partial charge in [-0.1, -0.05) is 50.0 Å². The fraction of sp³-hybridized carbons (Fsp3) is 0.667. The van der Waals surface area contributed by atoms with E-state index in [2.05, 4.69) is 25.2 Å². The number of allylic oxidation sites excluding steroid dienone is 4. The van der Waals surface area contributed by atoms with Crippen LogP contribution in [0.2, 0.25) is 0 Å². The van der Waals surface area contributed by atoms with E-state index in [1.807, 2.05) is 0 Å². The molecule has 0 aliphatic heterocycles. The smallest absolute Gasteiger partial charge is 0.00426 e. The van der Waals surface area contributed by atoms with E-state index in [0.29, 0.717) is 0 Å². The zero-order valence-corrected chi connectivity index (χ0v) is 7.92. The van der Waals surface area contributed by atoms with Crippen LogP contribution in [-0.4, -0.2) is 0 Å². The zero-order chi connectivity index (χ0) is 8.39. The molecule has 2 aliphatic carbocycles. The highest BCUT2D eigenvalue weighted by atomic mass is 14.3. The number of rotatable bonds is 1. The Morgan fingerprint density at radius 2 is 1.92 bits per heavy atom. The van der Waals surface area contributed by atoms with Gasteiger partial charge in [-0.3, -0.25) is 0 Å². The average molecular weight is 162 g/mol. The second-order valence-electron chi connectivity index (χ2n) is 4.18. The quantitative estimate of drug-likeness (QED) is 0.551. The predicted octanol–water partition coefficient (Wildman–Crippen LogP) is 3.70. The zero-order valence-electron chi connectivity index (χ0n) is 7.92. The summed E-state index contributed by atoms with van der Waals surface area (Å²) in [4.78, 5) is 0. The second-order valence-corrected chi connectivity index (χ2v) is 4.18. The molecule has 0 heterocycles. The van der Waals surface area contributed by atoms with Gasteiger partial charge in [0.15, 0.2) is 0 Å². The molecule has 0 amide bonds. The van der Waals surface area contributed by atoms with Gasteiger partial charge in [0.2, 0.25) is 0 Å². The van der Waals surface area contributed by atoms with Gasteiger partial charge in [0, 0.05) is 0 Å². The first-order valence-electron chi connectivity index (χ1n) is 5.26. The topological polar surface area (TPSA) is 0 Å². The summed E-state index contributed by atoms with van der Waals surface area (Å²) in [5.41, 5.74) is 1.70. The van der Waals surface area contributed by atoms with Gasteiger partial charge >= 0.3 is 0 Å². The van der Waals surface area contributed by atoms with Crippen LogP contribution in [0.3, 0.4) is 0 Å². The third kappa shape index (κ3) is 1.48. The minimum atomic E-state index is 0.730. The van der Waals surface area contributed by atoms with Crippen LogP contribution in [0.4, 0.5) is 0 Å². The predicted molar refractivity (Wildman–Crippen MR) is 53.0 cm³/mol. The summed E-state index contributed by atoms with van der Waals surface area (Å²) in [7, 11) is 0. The lowest BCUT2D eigenvalue weighted by Crippen LogP contribution is -2.11. The Kier molecular flexibility index (Phi) is 2.34. The normalized spacial score (nSPS) is 30.8. The van der Waals surface area contributed by atoms with Gasteiger partial charge in [0.1, 0.15) is 0 Å². The van der Waals surface area contributed by atoms with E-state index < -0.39 is 0 Å². The van der Waals surface area contributed by atoms with Crippen molar-refractivity contribution in [2.45, 2.75) is 39.0 Å².